The Hall–Kier alpha value is -1.84. The third kappa shape index (κ3) is 2.83. The van der Waals surface area contributed by atoms with Gasteiger partial charge in [-0.15, -0.1) is 0 Å². The van der Waals surface area contributed by atoms with E-state index in [1.54, 1.807) is 31.2 Å². The van der Waals surface area contributed by atoms with Gasteiger partial charge in [0.05, 0.1) is 12.2 Å². The molecule has 4 bridgehead atoms. The number of carbonyl (C=O) groups is 2. The lowest BCUT2D eigenvalue weighted by atomic mass is 9.53. The number of hydrogen-bond acceptors (Lipinski definition) is 3. The lowest BCUT2D eigenvalue weighted by molar-refractivity contribution is -0.0167. The number of esters is 1. The van der Waals surface area contributed by atoms with E-state index in [-0.39, 0.29) is 17.4 Å². The molecule has 128 valence electrons. The Balaban J connectivity index is 1.46. The number of rotatable bonds is 4. The zero-order valence-corrected chi connectivity index (χ0v) is 14.2. The minimum atomic E-state index is -0.342. The van der Waals surface area contributed by atoms with Gasteiger partial charge in [0.15, 0.2) is 0 Å². The van der Waals surface area contributed by atoms with Crippen molar-refractivity contribution in [2.45, 2.75) is 51.0 Å². The summed E-state index contributed by atoms with van der Waals surface area (Å²) in [6.45, 7) is 2.14. The predicted octanol–water partition coefficient (Wildman–Crippen LogP) is 3.56. The van der Waals surface area contributed by atoms with Crippen molar-refractivity contribution in [3.05, 3.63) is 35.4 Å². The molecule has 4 nitrogen and oxygen atoms in total. The lowest BCUT2D eigenvalue weighted by Gasteiger charge is -2.56. The van der Waals surface area contributed by atoms with Crippen LogP contribution in [0.5, 0.6) is 0 Å². The molecule has 5 rings (SSSR count). The maximum Gasteiger partial charge on any atom is 0.338 e. The Kier molecular flexibility index (Phi) is 3.86. The van der Waals surface area contributed by atoms with Crippen LogP contribution >= 0.6 is 0 Å². The normalized spacial score (nSPS) is 33.3. The highest BCUT2D eigenvalue weighted by molar-refractivity contribution is 5.96. The van der Waals surface area contributed by atoms with Crippen LogP contribution in [0.1, 0.15) is 66.2 Å². The minimum absolute atomic E-state index is 0.00708. The van der Waals surface area contributed by atoms with Crippen molar-refractivity contribution in [3.8, 4) is 0 Å². The molecule has 0 aromatic heterocycles. The van der Waals surface area contributed by atoms with Crippen LogP contribution in [0.3, 0.4) is 0 Å². The number of carbonyl (C=O) groups excluding carboxylic acids is 2. The minimum Gasteiger partial charge on any atom is -0.462 e. The predicted molar refractivity (Wildman–Crippen MR) is 90.8 cm³/mol. The van der Waals surface area contributed by atoms with Crippen molar-refractivity contribution in [1.29, 1.82) is 0 Å². The van der Waals surface area contributed by atoms with Crippen LogP contribution in [-0.2, 0) is 4.74 Å². The SMILES string of the molecule is CCOC(=O)c1ccc(C(=O)NC23CC4CC(CC(C4)C2)C3)cc1. The van der Waals surface area contributed by atoms with E-state index in [9.17, 15) is 9.59 Å². The smallest absolute Gasteiger partial charge is 0.338 e. The molecule has 0 atom stereocenters. The second-order valence-electron chi connectivity index (χ2n) is 7.95. The molecule has 1 aromatic rings. The third-order valence-electron chi connectivity index (χ3n) is 6.08. The molecule has 1 N–H and O–H groups in total. The van der Waals surface area contributed by atoms with Crippen molar-refractivity contribution in [1.82, 2.24) is 5.32 Å². The maximum absolute atomic E-state index is 12.7. The first kappa shape index (κ1) is 15.7. The van der Waals surface area contributed by atoms with Gasteiger partial charge in [0.25, 0.3) is 5.91 Å². The summed E-state index contributed by atoms with van der Waals surface area (Å²) in [4.78, 5) is 24.4. The molecular formula is C20H25NO3. The van der Waals surface area contributed by atoms with Gasteiger partial charge in [-0.3, -0.25) is 4.79 Å². The Labute approximate surface area is 143 Å². The van der Waals surface area contributed by atoms with Crippen molar-refractivity contribution >= 4 is 11.9 Å². The first-order chi connectivity index (χ1) is 11.6. The molecule has 0 saturated heterocycles. The molecule has 4 aliphatic carbocycles. The first-order valence-corrected chi connectivity index (χ1v) is 9.16. The molecule has 0 spiro atoms. The highest BCUT2D eigenvalue weighted by Gasteiger charge is 2.51. The summed E-state index contributed by atoms with van der Waals surface area (Å²) in [6, 6.07) is 6.80. The highest BCUT2D eigenvalue weighted by atomic mass is 16.5. The Morgan fingerprint density at radius 1 is 1.00 bits per heavy atom. The summed E-state index contributed by atoms with van der Waals surface area (Å²) in [7, 11) is 0. The molecule has 4 aliphatic rings. The second kappa shape index (κ2) is 5.91. The van der Waals surface area contributed by atoms with Crippen LogP contribution in [0.4, 0.5) is 0 Å². The molecule has 24 heavy (non-hydrogen) atoms. The number of ether oxygens (including phenoxy) is 1. The van der Waals surface area contributed by atoms with E-state index in [1.807, 2.05) is 0 Å². The Morgan fingerprint density at radius 3 is 2.00 bits per heavy atom. The molecule has 1 amide bonds. The van der Waals surface area contributed by atoms with Gasteiger partial charge in [0.2, 0.25) is 0 Å². The fraction of sp³-hybridized carbons (Fsp3) is 0.600. The van der Waals surface area contributed by atoms with E-state index in [0.29, 0.717) is 17.7 Å². The standard InChI is InChI=1S/C20H25NO3/c1-2-24-19(23)17-5-3-16(4-6-17)18(22)21-20-10-13-7-14(11-20)9-15(8-13)12-20/h3-6,13-15H,2,7-12H2,1H3,(H,21,22). The van der Waals surface area contributed by atoms with E-state index >= 15 is 0 Å². The number of hydrogen-bond donors (Lipinski definition) is 1. The van der Waals surface area contributed by atoms with Crippen LogP contribution in [0, 0.1) is 17.8 Å². The van der Waals surface area contributed by atoms with E-state index in [1.165, 1.54) is 19.3 Å². The monoisotopic (exact) mass is 327 g/mol. The van der Waals surface area contributed by atoms with Crippen molar-refractivity contribution in [3.63, 3.8) is 0 Å². The molecule has 4 saturated carbocycles. The van der Waals surface area contributed by atoms with Gasteiger partial charge in [0, 0.05) is 11.1 Å². The van der Waals surface area contributed by atoms with Crippen LogP contribution in [0.15, 0.2) is 24.3 Å². The van der Waals surface area contributed by atoms with Crippen LogP contribution in [-0.4, -0.2) is 24.0 Å². The highest BCUT2D eigenvalue weighted by Crippen LogP contribution is 2.55. The summed E-state index contributed by atoms with van der Waals surface area (Å²) in [5.41, 5.74) is 1.13. The molecule has 0 aliphatic heterocycles. The van der Waals surface area contributed by atoms with Gasteiger partial charge in [-0.2, -0.15) is 0 Å². The Morgan fingerprint density at radius 2 is 1.50 bits per heavy atom. The van der Waals surface area contributed by atoms with Crippen LogP contribution in [0.2, 0.25) is 0 Å². The molecule has 0 radical (unpaired) electrons. The molecule has 4 heteroatoms. The summed E-state index contributed by atoms with van der Waals surface area (Å²) >= 11 is 0. The van der Waals surface area contributed by atoms with Crippen molar-refractivity contribution < 1.29 is 14.3 Å². The van der Waals surface area contributed by atoms with E-state index in [0.717, 1.165) is 37.0 Å². The Bertz CT molecular complexity index is 614. The van der Waals surface area contributed by atoms with Crippen LogP contribution < -0.4 is 5.32 Å². The molecule has 0 unspecified atom stereocenters. The molecule has 4 fully saturated rings. The molecule has 1 aromatic carbocycles. The number of benzene rings is 1. The topological polar surface area (TPSA) is 55.4 Å². The average molecular weight is 327 g/mol. The zero-order valence-electron chi connectivity index (χ0n) is 14.2. The second-order valence-corrected chi connectivity index (χ2v) is 7.95. The third-order valence-corrected chi connectivity index (χ3v) is 6.08. The summed E-state index contributed by atoms with van der Waals surface area (Å²) in [6.07, 6.45) is 7.53. The van der Waals surface area contributed by atoms with Gasteiger partial charge in [-0.05, 0) is 87.5 Å². The molecular weight excluding hydrogens is 302 g/mol. The van der Waals surface area contributed by atoms with Gasteiger partial charge >= 0.3 is 5.97 Å². The van der Waals surface area contributed by atoms with Gasteiger partial charge in [-0.25, -0.2) is 4.79 Å². The van der Waals surface area contributed by atoms with Crippen LogP contribution in [0.25, 0.3) is 0 Å². The average Bonchev–Trinajstić information content (AvgIpc) is 2.53. The van der Waals surface area contributed by atoms with Gasteiger partial charge < -0.3 is 10.1 Å². The summed E-state index contributed by atoms with van der Waals surface area (Å²) in [5, 5.41) is 3.36. The van der Waals surface area contributed by atoms with E-state index in [4.69, 9.17) is 4.74 Å². The fourth-order valence-corrected chi connectivity index (χ4v) is 5.55. The molecule has 0 heterocycles. The summed E-state index contributed by atoms with van der Waals surface area (Å²) in [5.74, 6) is 2.08. The number of nitrogens with one attached hydrogen (secondary N) is 1. The summed E-state index contributed by atoms with van der Waals surface area (Å²) < 4.78 is 4.98. The maximum atomic E-state index is 12.7. The fourth-order valence-electron chi connectivity index (χ4n) is 5.55. The van der Waals surface area contributed by atoms with E-state index < -0.39 is 0 Å². The quantitative estimate of drug-likeness (QED) is 0.860. The largest absolute Gasteiger partial charge is 0.462 e. The van der Waals surface area contributed by atoms with Gasteiger partial charge in [0.1, 0.15) is 0 Å². The van der Waals surface area contributed by atoms with Crippen molar-refractivity contribution in [2.24, 2.45) is 17.8 Å². The van der Waals surface area contributed by atoms with E-state index in [2.05, 4.69) is 5.32 Å². The zero-order chi connectivity index (χ0) is 16.7. The number of amides is 1. The lowest BCUT2D eigenvalue weighted by Crippen LogP contribution is -2.59. The van der Waals surface area contributed by atoms with Gasteiger partial charge in [-0.1, -0.05) is 0 Å². The first-order valence-electron chi connectivity index (χ1n) is 9.16. The van der Waals surface area contributed by atoms with Crippen molar-refractivity contribution in [2.75, 3.05) is 6.61 Å².